The molecule has 0 spiro atoms. The lowest BCUT2D eigenvalue weighted by molar-refractivity contribution is 0.474. The van der Waals surface area contributed by atoms with Crippen molar-refractivity contribution in [2.45, 2.75) is 9.79 Å². The number of phenols is 2. The van der Waals surface area contributed by atoms with Crippen molar-refractivity contribution in [1.29, 1.82) is 0 Å². The van der Waals surface area contributed by atoms with E-state index in [1.807, 2.05) is 0 Å². The molecule has 9 heteroatoms. The number of nitrogens with zero attached hydrogens (tertiary/aromatic N) is 2. The lowest BCUT2D eigenvalue weighted by Crippen LogP contribution is -1.96. The molecule has 0 aromatic heterocycles. The van der Waals surface area contributed by atoms with Gasteiger partial charge in [0.25, 0.3) is 0 Å². The number of rotatable bonds is 4. The van der Waals surface area contributed by atoms with Crippen LogP contribution in [-0.2, 0) is 9.84 Å². The van der Waals surface area contributed by atoms with Crippen molar-refractivity contribution in [3.05, 3.63) is 92.9 Å². The molecular formula is C26H16Br2N2O4S. The summed E-state index contributed by atoms with van der Waals surface area (Å²) in [5.41, 5.74) is 3.11. The van der Waals surface area contributed by atoms with Crippen molar-refractivity contribution in [3.8, 4) is 22.6 Å². The molecule has 1 aliphatic heterocycles. The van der Waals surface area contributed by atoms with Crippen LogP contribution in [0.2, 0.25) is 0 Å². The number of hydrogen-bond donors (Lipinski definition) is 2. The largest absolute Gasteiger partial charge is 0.507 e. The van der Waals surface area contributed by atoms with E-state index in [1.54, 1.807) is 60.7 Å². The molecule has 0 saturated heterocycles. The number of sulfone groups is 1. The number of aromatic hydroxyl groups is 2. The van der Waals surface area contributed by atoms with Crippen LogP contribution in [0.25, 0.3) is 11.1 Å². The van der Waals surface area contributed by atoms with E-state index < -0.39 is 9.84 Å². The Hall–Kier alpha value is -3.27. The quantitative estimate of drug-likeness (QED) is 0.215. The van der Waals surface area contributed by atoms with E-state index in [1.165, 1.54) is 24.6 Å². The second kappa shape index (κ2) is 9.07. The van der Waals surface area contributed by atoms with Gasteiger partial charge in [-0.2, -0.15) is 0 Å². The molecule has 174 valence electrons. The van der Waals surface area contributed by atoms with Crippen LogP contribution in [0, 0.1) is 0 Å². The minimum Gasteiger partial charge on any atom is -0.507 e. The van der Waals surface area contributed by atoms with Gasteiger partial charge >= 0.3 is 0 Å². The molecule has 0 radical (unpaired) electrons. The van der Waals surface area contributed by atoms with E-state index >= 15 is 0 Å². The van der Waals surface area contributed by atoms with Gasteiger partial charge in [0.1, 0.15) is 11.5 Å². The molecule has 4 aromatic carbocycles. The number of hydrogen-bond acceptors (Lipinski definition) is 6. The molecule has 0 amide bonds. The fourth-order valence-electron chi connectivity index (χ4n) is 3.74. The zero-order chi connectivity index (χ0) is 24.7. The third-order valence-corrected chi connectivity index (χ3v) is 8.30. The predicted octanol–water partition coefficient (Wildman–Crippen LogP) is 6.94. The first-order valence-corrected chi connectivity index (χ1v) is 13.4. The lowest BCUT2D eigenvalue weighted by Gasteiger charge is -2.02. The molecule has 4 aromatic rings. The maximum atomic E-state index is 13.3. The van der Waals surface area contributed by atoms with Crippen LogP contribution >= 0.6 is 31.9 Å². The Kier molecular flexibility index (Phi) is 6.08. The van der Waals surface area contributed by atoms with Gasteiger partial charge in [-0.3, -0.25) is 9.98 Å². The molecule has 1 aliphatic rings. The highest BCUT2D eigenvalue weighted by Crippen LogP contribution is 2.45. The van der Waals surface area contributed by atoms with Gasteiger partial charge < -0.3 is 10.2 Å². The molecule has 0 bridgehead atoms. The van der Waals surface area contributed by atoms with Gasteiger partial charge in [-0.1, -0.05) is 44.0 Å². The molecule has 1 heterocycles. The predicted molar refractivity (Wildman–Crippen MR) is 143 cm³/mol. The van der Waals surface area contributed by atoms with Crippen molar-refractivity contribution in [3.63, 3.8) is 0 Å². The summed E-state index contributed by atoms with van der Waals surface area (Å²) in [5, 5.41) is 20.0. The molecule has 5 rings (SSSR count). The van der Waals surface area contributed by atoms with Crippen LogP contribution in [0.1, 0.15) is 11.1 Å². The van der Waals surface area contributed by atoms with Gasteiger partial charge in [-0.05, 0) is 60.7 Å². The standard InChI is InChI=1S/C26H16Br2N2O4S/c27-17-1-7-23(31)15(9-17)13-29-19-3-5-21-22-6-4-20(12-26(22)35(33,34)25(21)11-19)30-14-16-10-18(28)2-8-24(16)32/h1-14,31-32H. The van der Waals surface area contributed by atoms with E-state index in [4.69, 9.17) is 0 Å². The summed E-state index contributed by atoms with van der Waals surface area (Å²) in [6.45, 7) is 0. The number of halogens is 2. The summed E-state index contributed by atoms with van der Waals surface area (Å²) in [7, 11) is -3.77. The maximum absolute atomic E-state index is 13.3. The molecule has 0 fully saturated rings. The monoisotopic (exact) mass is 610 g/mol. The van der Waals surface area contributed by atoms with Crippen molar-refractivity contribution < 1.29 is 18.6 Å². The van der Waals surface area contributed by atoms with Gasteiger partial charge in [0.05, 0.1) is 21.2 Å². The molecule has 2 N–H and O–H groups in total. The highest BCUT2D eigenvalue weighted by atomic mass is 79.9. The molecular weight excluding hydrogens is 596 g/mol. The van der Waals surface area contributed by atoms with Gasteiger partial charge in [0.15, 0.2) is 0 Å². The van der Waals surface area contributed by atoms with Crippen LogP contribution in [0.15, 0.2) is 102 Å². The van der Waals surface area contributed by atoms with E-state index in [9.17, 15) is 18.6 Å². The minimum absolute atomic E-state index is 0.0717. The van der Waals surface area contributed by atoms with Crippen LogP contribution < -0.4 is 0 Å². The summed E-state index contributed by atoms with van der Waals surface area (Å²) in [5.74, 6) is 0.143. The van der Waals surface area contributed by atoms with Crippen molar-refractivity contribution in [1.82, 2.24) is 0 Å². The average molecular weight is 612 g/mol. The highest BCUT2D eigenvalue weighted by Gasteiger charge is 2.33. The van der Waals surface area contributed by atoms with E-state index in [-0.39, 0.29) is 21.3 Å². The summed E-state index contributed by atoms with van der Waals surface area (Å²) >= 11 is 6.71. The first-order chi connectivity index (χ1) is 16.7. The minimum atomic E-state index is -3.77. The average Bonchev–Trinajstić information content (AvgIpc) is 3.06. The SMILES string of the molecule is O=S1(=O)c2cc(N=Cc3cc(Br)ccc3O)ccc2-c2ccc(N=Cc3cc(Br)ccc3O)cc21. The molecule has 6 nitrogen and oxygen atoms in total. The second-order valence-electron chi connectivity index (χ2n) is 7.79. The Labute approximate surface area is 218 Å². The Morgan fingerprint density at radius 2 is 1.06 bits per heavy atom. The Morgan fingerprint density at radius 1 is 0.629 bits per heavy atom. The van der Waals surface area contributed by atoms with Gasteiger partial charge in [0, 0.05) is 43.6 Å². The summed E-state index contributed by atoms with van der Waals surface area (Å²) in [6.07, 6.45) is 2.97. The Morgan fingerprint density at radius 3 is 1.49 bits per heavy atom. The zero-order valence-corrected chi connectivity index (χ0v) is 21.8. The fourth-order valence-corrected chi connectivity index (χ4v) is 6.22. The van der Waals surface area contributed by atoms with Crippen molar-refractivity contribution in [2.24, 2.45) is 9.98 Å². The Balaban J connectivity index is 1.48. The van der Waals surface area contributed by atoms with E-state index in [0.717, 1.165) is 8.95 Å². The van der Waals surface area contributed by atoms with Crippen LogP contribution in [0.3, 0.4) is 0 Å². The van der Waals surface area contributed by atoms with Gasteiger partial charge in [-0.25, -0.2) is 8.42 Å². The lowest BCUT2D eigenvalue weighted by atomic mass is 10.1. The summed E-state index contributed by atoms with van der Waals surface area (Å²) in [4.78, 5) is 9.06. The third-order valence-electron chi connectivity index (χ3n) is 5.48. The molecule has 0 saturated carbocycles. The smallest absolute Gasteiger partial charge is 0.207 e. The van der Waals surface area contributed by atoms with Crippen LogP contribution in [0.4, 0.5) is 11.4 Å². The van der Waals surface area contributed by atoms with Gasteiger partial charge in [-0.15, -0.1) is 0 Å². The highest BCUT2D eigenvalue weighted by molar-refractivity contribution is 9.10. The first kappa shape index (κ1) is 23.5. The van der Waals surface area contributed by atoms with E-state index in [2.05, 4.69) is 41.8 Å². The Bertz CT molecular complexity index is 1550. The number of aliphatic imine (C=N–C) groups is 2. The third kappa shape index (κ3) is 4.54. The van der Waals surface area contributed by atoms with E-state index in [0.29, 0.717) is 33.6 Å². The second-order valence-corrected chi connectivity index (χ2v) is 11.5. The van der Waals surface area contributed by atoms with Crippen molar-refractivity contribution in [2.75, 3.05) is 0 Å². The normalized spacial score (nSPS) is 13.9. The number of benzene rings is 4. The first-order valence-electron chi connectivity index (χ1n) is 10.3. The zero-order valence-electron chi connectivity index (χ0n) is 17.9. The maximum Gasteiger partial charge on any atom is 0.207 e. The number of fused-ring (bicyclic) bond motifs is 3. The molecule has 0 atom stereocenters. The molecule has 0 unspecified atom stereocenters. The fraction of sp³-hybridized carbons (Fsp3) is 0. The van der Waals surface area contributed by atoms with Crippen LogP contribution in [0.5, 0.6) is 11.5 Å². The van der Waals surface area contributed by atoms with Crippen molar-refractivity contribution >= 4 is 65.5 Å². The summed E-state index contributed by atoms with van der Waals surface area (Å²) in [6, 6.07) is 19.9. The topological polar surface area (TPSA) is 99.3 Å². The van der Waals surface area contributed by atoms with Gasteiger partial charge in [0.2, 0.25) is 9.84 Å². The summed E-state index contributed by atoms with van der Waals surface area (Å²) < 4.78 is 28.2. The molecule has 0 aliphatic carbocycles. The number of phenolic OH excluding ortho intramolecular Hbond substituents is 2. The van der Waals surface area contributed by atoms with Crippen LogP contribution in [-0.4, -0.2) is 31.1 Å². The molecule has 35 heavy (non-hydrogen) atoms.